The van der Waals surface area contributed by atoms with Crippen molar-refractivity contribution in [3.8, 4) is 0 Å². The maximum atomic E-state index is 13.0. The van der Waals surface area contributed by atoms with Gasteiger partial charge in [-0.2, -0.15) is 0 Å². The molecule has 2 aromatic carbocycles. The fourth-order valence-corrected chi connectivity index (χ4v) is 4.94. The monoisotopic (exact) mass is 402 g/mol. The molecule has 3 heterocycles. The number of hydrogen-bond donors (Lipinski definition) is 0. The molecule has 1 atom stereocenters. The first-order chi connectivity index (χ1) is 14.7. The minimum absolute atomic E-state index is 0.171. The highest BCUT2D eigenvalue weighted by atomic mass is 16.2. The Labute approximate surface area is 178 Å². The summed E-state index contributed by atoms with van der Waals surface area (Å²) in [6.07, 6.45) is 6.97. The van der Waals surface area contributed by atoms with E-state index >= 15 is 0 Å². The summed E-state index contributed by atoms with van der Waals surface area (Å²) < 4.78 is 2.16. The van der Waals surface area contributed by atoms with Crippen molar-refractivity contribution in [3.05, 3.63) is 65.5 Å². The van der Waals surface area contributed by atoms with Crippen LogP contribution in [0.4, 0.5) is 0 Å². The van der Waals surface area contributed by atoms with E-state index in [1.807, 2.05) is 23.4 Å². The summed E-state index contributed by atoms with van der Waals surface area (Å²) in [5.74, 6) is 0.171. The first kappa shape index (κ1) is 19.3. The summed E-state index contributed by atoms with van der Waals surface area (Å²) >= 11 is 0. The zero-order chi connectivity index (χ0) is 20.5. The standard InChI is InChI=1S/C25H30N4O/c1-19-5-10-24-23(15-19)26-18-29(24)16-20-6-8-21(9-7-20)25(30)28-14-11-22(17-28)27-12-3-2-4-13-27/h5-10,15,18,22H,2-4,11-14,16-17H2,1H3. The van der Waals surface area contributed by atoms with Crippen molar-refractivity contribution >= 4 is 16.9 Å². The summed E-state index contributed by atoms with van der Waals surface area (Å²) in [4.78, 5) is 22.2. The van der Waals surface area contributed by atoms with Gasteiger partial charge in [0.2, 0.25) is 0 Å². The number of rotatable bonds is 4. The van der Waals surface area contributed by atoms with Gasteiger partial charge in [-0.15, -0.1) is 0 Å². The molecule has 1 amide bonds. The summed E-state index contributed by atoms with van der Waals surface area (Å²) in [5, 5.41) is 0. The number of hydrogen-bond acceptors (Lipinski definition) is 3. The molecule has 156 valence electrons. The highest BCUT2D eigenvalue weighted by Gasteiger charge is 2.31. The van der Waals surface area contributed by atoms with Crippen molar-refractivity contribution in [3.63, 3.8) is 0 Å². The van der Waals surface area contributed by atoms with Gasteiger partial charge in [-0.05, 0) is 74.7 Å². The Hall–Kier alpha value is -2.66. The van der Waals surface area contributed by atoms with Crippen LogP contribution in [0.2, 0.25) is 0 Å². The maximum Gasteiger partial charge on any atom is 0.253 e. The predicted molar refractivity (Wildman–Crippen MR) is 120 cm³/mol. The van der Waals surface area contributed by atoms with Gasteiger partial charge in [-0.3, -0.25) is 9.69 Å². The molecule has 0 N–H and O–H groups in total. The molecule has 2 aliphatic rings. The number of aromatic nitrogens is 2. The molecule has 1 unspecified atom stereocenters. The number of benzene rings is 2. The average molecular weight is 403 g/mol. The van der Waals surface area contributed by atoms with Gasteiger partial charge in [0, 0.05) is 31.2 Å². The van der Waals surface area contributed by atoms with E-state index in [1.165, 1.54) is 43.5 Å². The largest absolute Gasteiger partial charge is 0.337 e. The lowest BCUT2D eigenvalue weighted by Crippen LogP contribution is -2.41. The molecule has 5 rings (SSSR count). The van der Waals surface area contributed by atoms with Crippen LogP contribution in [-0.2, 0) is 6.54 Å². The molecule has 30 heavy (non-hydrogen) atoms. The molecule has 5 nitrogen and oxygen atoms in total. The zero-order valence-corrected chi connectivity index (χ0v) is 17.8. The second-order valence-corrected chi connectivity index (χ2v) is 8.85. The third kappa shape index (κ3) is 3.86. The van der Waals surface area contributed by atoms with E-state index in [0.717, 1.165) is 42.7 Å². The minimum atomic E-state index is 0.171. The minimum Gasteiger partial charge on any atom is -0.337 e. The maximum absolute atomic E-state index is 13.0. The van der Waals surface area contributed by atoms with Crippen molar-refractivity contribution in [2.75, 3.05) is 26.2 Å². The van der Waals surface area contributed by atoms with Gasteiger partial charge in [0.15, 0.2) is 0 Å². The predicted octanol–water partition coefficient (Wildman–Crippen LogP) is 4.09. The number of carbonyl (C=O) groups excluding carboxylic acids is 1. The average Bonchev–Trinajstić information content (AvgIpc) is 3.42. The molecular weight excluding hydrogens is 372 g/mol. The van der Waals surface area contributed by atoms with Crippen molar-refractivity contribution in [2.24, 2.45) is 0 Å². The van der Waals surface area contributed by atoms with Gasteiger partial charge in [-0.25, -0.2) is 4.98 Å². The lowest BCUT2D eigenvalue weighted by Gasteiger charge is -2.32. The first-order valence-electron chi connectivity index (χ1n) is 11.2. The Morgan fingerprint density at radius 1 is 1.03 bits per heavy atom. The number of fused-ring (bicyclic) bond motifs is 1. The summed E-state index contributed by atoms with van der Waals surface area (Å²) in [5.41, 5.74) is 5.36. The smallest absolute Gasteiger partial charge is 0.253 e. The molecule has 0 spiro atoms. The van der Waals surface area contributed by atoms with E-state index in [1.54, 1.807) is 0 Å². The number of piperidine rings is 1. The van der Waals surface area contributed by atoms with E-state index < -0.39 is 0 Å². The Balaban J connectivity index is 1.24. The Morgan fingerprint density at radius 2 is 1.83 bits per heavy atom. The van der Waals surface area contributed by atoms with Gasteiger partial charge in [0.25, 0.3) is 5.91 Å². The fourth-order valence-electron chi connectivity index (χ4n) is 4.94. The molecule has 1 aromatic heterocycles. The number of aryl methyl sites for hydroxylation is 1. The van der Waals surface area contributed by atoms with E-state index in [4.69, 9.17) is 0 Å². The van der Waals surface area contributed by atoms with E-state index in [9.17, 15) is 4.79 Å². The molecule has 2 saturated heterocycles. The number of imidazole rings is 1. The number of carbonyl (C=O) groups is 1. The van der Waals surface area contributed by atoms with Gasteiger partial charge in [-0.1, -0.05) is 24.6 Å². The van der Waals surface area contributed by atoms with Gasteiger partial charge in [0.1, 0.15) is 0 Å². The van der Waals surface area contributed by atoms with Crippen LogP contribution in [0.1, 0.15) is 47.2 Å². The first-order valence-corrected chi connectivity index (χ1v) is 11.2. The molecule has 5 heteroatoms. The molecular formula is C25H30N4O. The quantitative estimate of drug-likeness (QED) is 0.660. The van der Waals surface area contributed by atoms with E-state index in [2.05, 4.69) is 51.7 Å². The zero-order valence-electron chi connectivity index (χ0n) is 17.8. The van der Waals surface area contributed by atoms with Crippen LogP contribution in [0.25, 0.3) is 11.0 Å². The summed E-state index contributed by atoms with van der Waals surface area (Å²) in [6.45, 7) is 7.00. The molecule has 0 bridgehead atoms. The Kier molecular flexibility index (Phi) is 5.30. The summed E-state index contributed by atoms with van der Waals surface area (Å²) in [7, 11) is 0. The normalized spacial score (nSPS) is 20.2. The summed E-state index contributed by atoms with van der Waals surface area (Å²) in [6, 6.07) is 15.0. The number of amides is 1. The van der Waals surface area contributed by atoms with Crippen molar-refractivity contribution in [2.45, 2.75) is 45.2 Å². The molecule has 3 aromatic rings. The molecule has 2 aliphatic heterocycles. The van der Waals surface area contributed by atoms with Crippen LogP contribution in [0.15, 0.2) is 48.8 Å². The highest BCUT2D eigenvalue weighted by Crippen LogP contribution is 2.22. The molecule has 0 saturated carbocycles. The van der Waals surface area contributed by atoms with Crippen LogP contribution in [0, 0.1) is 6.92 Å². The molecule has 2 fully saturated rings. The van der Waals surface area contributed by atoms with Crippen molar-refractivity contribution in [1.82, 2.24) is 19.4 Å². The van der Waals surface area contributed by atoms with Crippen LogP contribution >= 0.6 is 0 Å². The van der Waals surface area contributed by atoms with E-state index in [0.29, 0.717) is 6.04 Å². The van der Waals surface area contributed by atoms with Crippen LogP contribution in [0.3, 0.4) is 0 Å². The number of likely N-dealkylation sites (tertiary alicyclic amines) is 2. The molecule has 0 radical (unpaired) electrons. The van der Waals surface area contributed by atoms with Crippen LogP contribution in [0.5, 0.6) is 0 Å². The van der Waals surface area contributed by atoms with Gasteiger partial charge in [0.05, 0.1) is 17.4 Å². The van der Waals surface area contributed by atoms with Crippen molar-refractivity contribution in [1.29, 1.82) is 0 Å². The lowest BCUT2D eigenvalue weighted by atomic mass is 10.1. The van der Waals surface area contributed by atoms with Crippen LogP contribution < -0.4 is 0 Å². The second kappa shape index (κ2) is 8.23. The highest BCUT2D eigenvalue weighted by molar-refractivity contribution is 5.94. The SMILES string of the molecule is Cc1ccc2c(c1)ncn2Cc1ccc(C(=O)N2CCC(N3CCCCC3)C2)cc1. The second-order valence-electron chi connectivity index (χ2n) is 8.85. The van der Waals surface area contributed by atoms with Crippen LogP contribution in [-0.4, -0.2) is 57.5 Å². The lowest BCUT2D eigenvalue weighted by molar-refractivity contribution is 0.0771. The topological polar surface area (TPSA) is 41.4 Å². The van der Waals surface area contributed by atoms with Crippen molar-refractivity contribution < 1.29 is 4.79 Å². The molecule has 0 aliphatic carbocycles. The Bertz CT molecular complexity index is 1030. The van der Waals surface area contributed by atoms with Gasteiger partial charge < -0.3 is 9.47 Å². The third-order valence-electron chi connectivity index (χ3n) is 6.69. The fraction of sp³-hybridized carbons (Fsp3) is 0.440. The Morgan fingerprint density at radius 3 is 2.63 bits per heavy atom. The van der Waals surface area contributed by atoms with E-state index in [-0.39, 0.29) is 5.91 Å². The third-order valence-corrected chi connectivity index (χ3v) is 6.69. The van der Waals surface area contributed by atoms with Gasteiger partial charge >= 0.3 is 0 Å². The number of nitrogens with zero attached hydrogens (tertiary/aromatic N) is 4.